The van der Waals surface area contributed by atoms with Crippen LogP contribution in [0.4, 0.5) is 4.79 Å². The number of nitrogens with one attached hydrogen (secondary N) is 1. The van der Waals surface area contributed by atoms with Gasteiger partial charge in [-0.25, -0.2) is 4.79 Å². The fourth-order valence-electron chi connectivity index (χ4n) is 2.26. The molecule has 3 N–H and O–H groups in total. The molecule has 0 bridgehead atoms. The average Bonchev–Trinajstić information content (AvgIpc) is 2.76. The van der Waals surface area contributed by atoms with Crippen molar-refractivity contribution in [1.29, 1.82) is 0 Å². The molecule has 0 radical (unpaired) electrons. The molecule has 1 aliphatic heterocycles. The van der Waals surface area contributed by atoms with Gasteiger partial charge in [0, 0.05) is 30.1 Å². The minimum atomic E-state index is -0.313. The molecule has 1 aromatic heterocycles. The summed E-state index contributed by atoms with van der Waals surface area (Å²) in [4.78, 5) is 14.0. The van der Waals surface area contributed by atoms with Crippen LogP contribution in [0.15, 0.2) is 12.1 Å². The van der Waals surface area contributed by atoms with Gasteiger partial charge < -0.3 is 16.0 Å². The maximum Gasteiger partial charge on any atom is 0.314 e. The van der Waals surface area contributed by atoms with Crippen LogP contribution in [0.25, 0.3) is 0 Å². The molecule has 100 valence electrons. The number of rotatable bonds is 3. The molecular formula is C12H18ClN3OS. The zero-order chi connectivity index (χ0) is 13.1. The third-order valence-corrected chi connectivity index (χ3v) is 4.73. The molecule has 2 amide bonds. The number of nitrogens with two attached hydrogens (primary N) is 1. The van der Waals surface area contributed by atoms with Crippen molar-refractivity contribution >= 4 is 29.0 Å². The molecule has 1 unspecified atom stereocenters. The smallest absolute Gasteiger partial charge is 0.314 e. The van der Waals surface area contributed by atoms with E-state index in [0.29, 0.717) is 12.1 Å². The molecule has 18 heavy (non-hydrogen) atoms. The van der Waals surface area contributed by atoms with Gasteiger partial charge >= 0.3 is 6.03 Å². The summed E-state index contributed by atoms with van der Waals surface area (Å²) < 4.78 is 0.821. The van der Waals surface area contributed by atoms with Crippen molar-refractivity contribution in [3.8, 4) is 0 Å². The first-order valence-electron chi connectivity index (χ1n) is 6.12. The van der Waals surface area contributed by atoms with E-state index < -0.39 is 0 Å². The standard InChI is InChI=1S/C12H18ClN3OS/c1-8(10-2-3-11(13)18-10)15-9-4-6-16(7-5-9)12(14)17/h2-3,8-9,15H,4-7H2,1H3,(H2,14,17). The summed E-state index contributed by atoms with van der Waals surface area (Å²) in [6.45, 7) is 3.62. The third kappa shape index (κ3) is 3.37. The second kappa shape index (κ2) is 5.91. The Labute approximate surface area is 116 Å². The molecule has 1 aromatic rings. The van der Waals surface area contributed by atoms with Crippen LogP contribution in [-0.4, -0.2) is 30.1 Å². The first kappa shape index (κ1) is 13.6. The molecule has 2 heterocycles. The highest BCUT2D eigenvalue weighted by Gasteiger charge is 2.22. The van der Waals surface area contributed by atoms with Crippen LogP contribution in [0, 0.1) is 0 Å². The van der Waals surface area contributed by atoms with Gasteiger partial charge in [-0.15, -0.1) is 11.3 Å². The van der Waals surface area contributed by atoms with Crippen LogP contribution < -0.4 is 11.1 Å². The quantitative estimate of drug-likeness (QED) is 0.898. The summed E-state index contributed by atoms with van der Waals surface area (Å²) in [5, 5.41) is 3.58. The number of carbonyl (C=O) groups excluding carboxylic acids is 1. The summed E-state index contributed by atoms with van der Waals surface area (Å²) in [5.41, 5.74) is 5.26. The van der Waals surface area contributed by atoms with Gasteiger partial charge in [0.2, 0.25) is 0 Å². The zero-order valence-electron chi connectivity index (χ0n) is 10.4. The topological polar surface area (TPSA) is 58.4 Å². The Kier molecular flexibility index (Phi) is 4.48. The summed E-state index contributed by atoms with van der Waals surface area (Å²) in [6.07, 6.45) is 1.90. The Morgan fingerprint density at radius 2 is 2.22 bits per heavy atom. The number of thiophene rings is 1. The maximum absolute atomic E-state index is 11.0. The van der Waals surface area contributed by atoms with Gasteiger partial charge in [0.15, 0.2) is 0 Å². The molecule has 1 atom stereocenters. The van der Waals surface area contributed by atoms with Crippen molar-refractivity contribution in [2.75, 3.05) is 13.1 Å². The van der Waals surface area contributed by atoms with Crippen molar-refractivity contribution < 1.29 is 4.79 Å². The monoisotopic (exact) mass is 287 g/mol. The number of likely N-dealkylation sites (tertiary alicyclic amines) is 1. The molecule has 2 rings (SSSR count). The zero-order valence-corrected chi connectivity index (χ0v) is 11.9. The second-order valence-electron chi connectivity index (χ2n) is 4.63. The number of amides is 2. The van der Waals surface area contributed by atoms with Crippen molar-refractivity contribution in [2.45, 2.75) is 31.8 Å². The van der Waals surface area contributed by atoms with E-state index in [-0.39, 0.29) is 6.03 Å². The number of halogens is 1. The van der Waals surface area contributed by atoms with E-state index in [4.69, 9.17) is 17.3 Å². The molecule has 0 aliphatic carbocycles. The summed E-state index contributed by atoms with van der Waals surface area (Å²) in [7, 11) is 0. The van der Waals surface area contributed by atoms with E-state index in [2.05, 4.69) is 18.3 Å². The molecule has 0 spiro atoms. The fraction of sp³-hybridized carbons (Fsp3) is 0.583. The molecule has 0 aromatic carbocycles. The number of urea groups is 1. The largest absolute Gasteiger partial charge is 0.351 e. The van der Waals surface area contributed by atoms with Gasteiger partial charge in [-0.3, -0.25) is 0 Å². The first-order chi connectivity index (χ1) is 8.56. The van der Waals surface area contributed by atoms with Gasteiger partial charge in [0.1, 0.15) is 0 Å². The summed E-state index contributed by atoms with van der Waals surface area (Å²) in [5.74, 6) is 0. The number of primary amides is 1. The van der Waals surface area contributed by atoms with Crippen LogP contribution in [-0.2, 0) is 0 Å². The Morgan fingerprint density at radius 3 is 2.72 bits per heavy atom. The minimum Gasteiger partial charge on any atom is -0.351 e. The molecule has 6 heteroatoms. The van der Waals surface area contributed by atoms with Crippen LogP contribution in [0.2, 0.25) is 4.34 Å². The molecule has 1 aliphatic rings. The molecule has 1 fully saturated rings. The number of hydrogen-bond donors (Lipinski definition) is 2. The number of piperidine rings is 1. The minimum absolute atomic E-state index is 0.299. The highest BCUT2D eigenvalue weighted by Crippen LogP contribution is 2.27. The van der Waals surface area contributed by atoms with E-state index in [1.165, 1.54) is 4.88 Å². The molecular weight excluding hydrogens is 270 g/mol. The SMILES string of the molecule is CC(NC1CCN(C(N)=O)CC1)c1ccc(Cl)s1. The van der Waals surface area contributed by atoms with Gasteiger partial charge in [-0.2, -0.15) is 0 Å². The second-order valence-corrected chi connectivity index (χ2v) is 6.38. The highest BCUT2D eigenvalue weighted by molar-refractivity contribution is 7.16. The van der Waals surface area contributed by atoms with Gasteiger partial charge in [-0.05, 0) is 31.9 Å². The van der Waals surface area contributed by atoms with Crippen molar-refractivity contribution in [3.05, 3.63) is 21.3 Å². The average molecular weight is 288 g/mol. The van der Waals surface area contributed by atoms with E-state index in [0.717, 1.165) is 30.3 Å². The van der Waals surface area contributed by atoms with Crippen LogP contribution >= 0.6 is 22.9 Å². The van der Waals surface area contributed by atoms with Crippen LogP contribution in [0.1, 0.15) is 30.7 Å². The fourth-order valence-corrected chi connectivity index (χ4v) is 3.34. The number of carbonyl (C=O) groups is 1. The van der Waals surface area contributed by atoms with Crippen LogP contribution in [0.5, 0.6) is 0 Å². The molecule has 0 saturated carbocycles. The first-order valence-corrected chi connectivity index (χ1v) is 7.31. The Hall–Kier alpha value is -0.780. The third-order valence-electron chi connectivity index (χ3n) is 3.31. The van der Waals surface area contributed by atoms with E-state index >= 15 is 0 Å². The predicted octanol–water partition coefficient (Wildman–Crippen LogP) is 2.60. The number of nitrogens with zero attached hydrogens (tertiary/aromatic N) is 1. The molecule has 4 nitrogen and oxygen atoms in total. The lowest BCUT2D eigenvalue weighted by molar-refractivity contribution is 0.183. The van der Waals surface area contributed by atoms with E-state index in [1.807, 2.05) is 6.07 Å². The normalized spacial score (nSPS) is 18.9. The van der Waals surface area contributed by atoms with E-state index in [9.17, 15) is 4.79 Å². The maximum atomic E-state index is 11.0. The Balaban J connectivity index is 1.83. The van der Waals surface area contributed by atoms with Gasteiger partial charge in [-0.1, -0.05) is 11.6 Å². The Bertz CT molecular complexity index is 415. The van der Waals surface area contributed by atoms with Crippen molar-refractivity contribution in [3.63, 3.8) is 0 Å². The number of hydrogen-bond acceptors (Lipinski definition) is 3. The summed E-state index contributed by atoms with van der Waals surface area (Å²) in [6, 6.07) is 4.41. The Morgan fingerprint density at radius 1 is 1.56 bits per heavy atom. The van der Waals surface area contributed by atoms with E-state index in [1.54, 1.807) is 16.2 Å². The van der Waals surface area contributed by atoms with Gasteiger partial charge in [0.05, 0.1) is 4.34 Å². The van der Waals surface area contributed by atoms with Gasteiger partial charge in [0.25, 0.3) is 0 Å². The lowest BCUT2D eigenvalue weighted by Crippen LogP contribution is -2.47. The highest BCUT2D eigenvalue weighted by atomic mass is 35.5. The van der Waals surface area contributed by atoms with Crippen molar-refractivity contribution in [1.82, 2.24) is 10.2 Å². The lowest BCUT2D eigenvalue weighted by Gasteiger charge is -2.32. The lowest BCUT2D eigenvalue weighted by atomic mass is 10.0. The predicted molar refractivity (Wildman–Crippen MR) is 75.1 cm³/mol. The van der Waals surface area contributed by atoms with Crippen molar-refractivity contribution in [2.24, 2.45) is 5.73 Å². The van der Waals surface area contributed by atoms with Crippen LogP contribution in [0.3, 0.4) is 0 Å². The summed E-state index contributed by atoms with van der Waals surface area (Å²) >= 11 is 7.54. The molecule has 1 saturated heterocycles.